The Morgan fingerprint density at radius 1 is 1.38 bits per heavy atom. The number of nitrogens with one attached hydrogen (secondary N) is 1. The summed E-state index contributed by atoms with van der Waals surface area (Å²) in [6, 6.07) is 6.20. The van der Waals surface area contributed by atoms with Gasteiger partial charge in [0.15, 0.2) is 5.65 Å². The quantitative estimate of drug-likeness (QED) is 0.776. The first-order valence-electron chi connectivity index (χ1n) is 7.26. The molecule has 108 valence electrons. The molecule has 5 nitrogen and oxygen atoms in total. The molecule has 0 unspecified atom stereocenters. The van der Waals surface area contributed by atoms with Crippen molar-refractivity contribution in [3.63, 3.8) is 0 Å². The van der Waals surface area contributed by atoms with E-state index in [0.717, 1.165) is 36.5 Å². The molecule has 0 fully saturated rings. The zero-order valence-electron chi connectivity index (χ0n) is 11.7. The highest BCUT2D eigenvalue weighted by molar-refractivity contribution is 7.13. The molecule has 0 saturated heterocycles. The fraction of sp³-hybridized carbons (Fsp3) is 0.333. The van der Waals surface area contributed by atoms with Crippen molar-refractivity contribution in [2.24, 2.45) is 5.73 Å². The van der Waals surface area contributed by atoms with E-state index in [2.05, 4.69) is 22.8 Å². The van der Waals surface area contributed by atoms with Gasteiger partial charge in [0.25, 0.3) is 0 Å². The number of fused-ring (bicyclic) bond motifs is 2. The topological polar surface area (TPSA) is 68.2 Å². The average Bonchev–Trinajstić information content (AvgIpc) is 3.20. The smallest absolute Gasteiger partial charge is 0.158 e. The van der Waals surface area contributed by atoms with Crippen molar-refractivity contribution in [1.29, 1.82) is 0 Å². The third-order valence-electron chi connectivity index (χ3n) is 3.84. The summed E-state index contributed by atoms with van der Waals surface area (Å²) < 4.78 is 1.94. The average molecular weight is 299 g/mol. The van der Waals surface area contributed by atoms with E-state index in [4.69, 9.17) is 15.8 Å². The van der Waals surface area contributed by atoms with E-state index < -0.39 is 0 Å². The van der Waals surface area contributed by atoms with Gasteiger partial charge in [-0.2, -0.15) is 9.61 Å². The Morgan fingerprint density at radius 2 is 2.33 bits per heavy atom. The highest BCUT2D eigenvalue weighted by Crippen LogP contribution is 2.31. The van der Waals surface area contributed by atoms with E-state index in [9.17, 15) is 0 Å². The van der Waals surface area contributed by atoms with Crippen LogP contribution in [0, 0.1) is 0 Å². The monoisotopic (exact) mass is 299 g/mol. The van der Waals surface area contributed by atoms with Crippen LogP contribution < -0.4 is 11.1 Å². The molecule has 1 aliphatic carbocycles. The standard InChI is InChI=1S/C15H17N5S/c16-6-7-17-15-10-3-1-4-11(10)18-14-9-12(19-20(14)15)13-5-2-8-21-13/h2,5,8-9,17H,1,3-4,6-7,16H2. The zero-order valence-corrected chi connectivity index (χ0v) is 12.5. The normalized spacial score (nSPS) is 13.8. The van der Waals surface area contributed by atoms with Crippen LogP contribution in [0.4, 0.5) is 5.82 Å². The summed E-state index contributed by atoms with van der Waals surface area (Å²) in [5, 5.41) is 10.3. The summed E-state index contributed by atoms with van der Waals surface area (Å²) in [6.45, 7) is 1.36. The molecule has 0 amide bonds. The van der Waals surface area contributed by atoms with Gasteiger partial charge < -0.3 is 11.1 Å². The minimum atomic E-state index is 0.609. The highest BCUT2D eigenvalue weighted by atomic mass is 32.1. The second-order valence-corrected chi connectivity index (χ2v) is 6.18. The molecule has 3 heterocycles. The second-order valence-electron chi connectivity index (χ2n) is 5.23. The Balaban J connectivity index is 1.89. The lowest BCUT2D eigenvalue weighted by molar-refractivity contribution is 0.895. The van der Waals surface area contributed by atoms with Gasteiger partial charge in [0.05, 0.1) is 4.88 Å². The number of nitrogens with zero attached hydrogens (tertiary/aromatic N) is 3. The lowest BCUT2D eigenvalue weighted by atomic mass is 10.2. The van der Waals surface area contributed by atoms with Gasteiger partial charge in [-0.05, 0) is 30.7 Å². The first kappa shape index (κ1) is 12.8. The molecular weight excluding hydrogens is 282 g/mol. The zero-order chi connectivity index (χ0) is 14.2. The fourth-order valence-electron chi connectivity index (χ4n) is 2.90. The maximum absolute atomic E-state index is 5.64. The number of aryl methyl sites for hydroxylation is 1. The molecule has 4 rings (SSSR count). The van der Waals surface area contributed by atoms with Crippen LogP contribution in [-0.2, 0) is 12.8 Å². The number of nitrogens with two attached hydrogens (primary N) is 1. The Bertz CT molecular complexity index is 775. The van der Waals surface area contributed by atoms with E-state index in [1.54, 1.807) is 11.3 Å². The summed E-state index contributed by atoms with van der Waals surface area (Å²) in [7, 11) is 0. The van der Waals surface area contributed by atoms with E-state index in [1.807, 2.05) is 10.6 Å². The number of hydrogen-bond acceptors (Lipinski definition) is 5. The number of aromatic nitrogens is 3. The van der Waals surface area contributed by atoms with Crippen molar-refractivity contribution >= 4 is 22.8 Å². The number of thiophene rings is 1. The summed E-state index contributed by atoms with van der Waals surface area (Å²) in [5.41, 5.74) is 10.1. The van der Waals surface area contributed by atoms with Crippen LogP contribution in [0.5, 0.6) is 0 Å². The van der Waals surface area contributed by atoms with Crippen molar-refractivity contribution in [1.82, 2.24) is 14.6 Å². The van der Waals surface area contributed by atoms with Crippen LogP contribution in [0.15, 0.2) is 23.6 Å². The van der Waals surface area contributed by atoms with Gasteiger partial charge in [0, 0.05) is 30.4 Å². The number of rotatable bonds is 4. The van der Waals surface area contributed by atoms with Gasteiger partial charge in [0.2, 0.25) is 0 Å². The van der Waals surface area contributed by atoms with Crippen LogP contribution in [0.2, 0.25) is 0 Å². The molecule has 1 aliphatic rings. The highest BCUT2D eigenvalue weighted by Gasteiger charge is 2.21. The first-order valence-corrected chi connectivity index (χ1v) is 8.14. The molecule has 0 saturated carbocycles. The van der Waals surface area contributed by atoms with Crippen LogP contribution in [0.1, 0.15) is 17.7 Å². The molecule has 0 bridgehead atoms. The summed E-state index contributed by atoms with van der Waals surface area (Å²) >= 11 is 1.70. The predicted octanol–water partition coefficient (Wildman–Crippen LogP) is 2.32. The maximum atomic E-state index is 5.64. The molecule has 0 spiro atoms. The minimum Gasteiger partial charge on any atom is -0.368 e. The van der Waals surface area contributed by atoms with Crippen LogP contribution >= 0.6 is 11.3 Å². The van der Waals surface area contributed by atoms with E-state index in [0.29, 0.717) is 6.54 Å². The largest absolute Gasteiger partial charge is 0.368 e. The second kappa shape index (κ2) is 5.13. The van der Waals surface area contributed by atoms with Crippen molar-refractivity contribution < 1.29 is 0 Å². The Hall–Kier alpha value is -1.92. The lowest BCUT2D eigenvalue weighted by Crippen LogP contribution is -2.17. The van der Waals surface area contributed by atoms with Gasteiger partial charge >= 0.3 is 0 Å². The molecule has 0 radical (unpaired) electrons. The molecule has 3 aromatic heterocycles. The molecule has 0 atom stereocenters. The van der Waals surface area contributed by atoms with Crippen LogP contribution in [0.3, 0.4) is 0 Å². The number of anilines is 1. The van der Waals surface area contributed by atoms with Gasteiger partial charge in [-0.3, -0.25) is 0 Å². The molecule has 3 aromatic rings. The summed E-state index contributed by atoms with van der Waals surface area (Å²) in [5.74, 6) is 1.07. The van der Waals surface area contributed by atoms with Crippen molar-refractivity contribution in [3.05, 3.63) is 34.8 Å². The van der Waals surface area contributed by atoms with E-state index >= 15 is 0 Å². The van der Waals surface area contributed by atoms with E-state index in [1.165, 1.54) is 22.6 Å². The summed E-state index contributed by atoms with van der Waals surface area (Å²) in [6.07, 6.45) is 3.30. The van der Waals surface area contributed by atoms with E-state index in [-0.39, 0.29) is 0 Å². The van der Waals surface area contributed by atoms with Crippen LogP contribution in [0.25, 0.3) is 16.2 Å². The number of hydrogen-bond donors (Lipinski definition) is 2. The molecule has 3 N–H and O–H groups in total. The summed E-state index contributed by atoms with van der Waals surface area (Å²) in [4.78, 5) is 5.96. The molecule has 0 aromatic carbocycles. The third-order valence-corrected chi connectivity index (χ3v) is 4.73. The van der Waals surface area contributed by atoms with Gasteiger partial charge in [-0.15, -0.1) is 11.3 Å². The third kappa shape index (κ3) is 2.11. The Kier molecular flexibility index (Phi) is 3.12. The first-order chi connectivity index (χ1) is 10.4. The Labute approximate surface area is 126 Å². The Morgan fingerprint density at radius 3 is 3.14 bits per heavy atom. The minimum absolute atomic E-state index is 0.609. The van der Waals surface area contributed by atoms with Gasteiger partial charge in [-0.1, -0.05) is 6.07 Å². The van der Waals surface area contributed by atoms with Crippen molar-refractivity contribution in [3.8, 4) is 10.6 Å². The lowest BCUT2D eigenvalue weighted by Gasteiger charge is -2.12. The van der Waals surface area contributed by atoms with Gasteiger partial charge in [-0.25, -0.2) is 4.98 Å². The molecular formula is C15H17N5S. The van der Waals surface area contributed by atoms with Gasteiger partial charge in [0.1, 0.15) is 11.5 Å². The molecule has 0 aliphatic heterocycles. The SMILES string of the molecule is NCCNc1c2c(nc3cc(-c4cccs4)nn13)CCC2. The predicted molar refractivity (Wildman–Crippen MR) is 85.9 cm³/mol. The maximum Gasteiger partial charge on any atom is 0.158 e. The molecule has 6 heteroatoms. The van der Waals surface area contributed by atoms with Crippen LogP contribution in [-0.4, -0.2) is 27.7 Å². The molecule has 21 heavy (non-hydrogen) atoms. The fourth-order valence-corrected chi connectivity index (χ4v) is 3.59. The van der Waals surface area contributed by atoms with Crippen molar-refractivity contribution in [2.75, 3.05) is 18.4 Å². The van der Waals surface area contributed by atoms with Crippen molar-refractivity contribution in [2.45, 2.75) is 19.3 Å².